The standard InChI is InChI=1S/C16H15N5O2/c22-15(13-6-5-11-3-1-2-4-12(11)18-13)21-8-7-16(23,10-21)14-9-17-20-19-14/h1-6,9,23H,7-8,10H2,(H,17,19,20)/t16-/m1/s1. The van der Waals surface area contributed by atoms with E-state index in [1.165, 1.54) is 6.20 Å². The number of carbonyl (C=O) groups excluding carboxylic acids is 1. The van der Waals surface area contributed by atoms with Crippen LogP contribution in [0.1, 0.15) is 22.6 Å². The molecule has 7 nitrogen and oxygen atoms in total. The molecule has 1 aromatic carbocycles. The molecule has 1 fully saturated rings. The van der Waals surface area contributed by atoms with Gasteiger partial charge >= 0.3 is 0 Å². The zero-order chi connectivity index (χ0) is 15.9. The first-order chi connectivity index (χ1) is 11.2. The number of amides is 1. The van der Waals surface area contributed by atoms with Crippen LogP contribution in [0.5, 0.6) is 0 Å². The normalized spacial score (nSPS) is 21.0. The van der Waals surface area contributed by atoms with Gasteiger partial charge in [-0.1, -0.05) is 24.3 Å². The minimum Gasteiger partial charge on any atom is -0.381 e. The van der Waals surface area contributed by atoms with Crippen molar-refractivity contribution in [2.75, 3.05) is 13.1 Å². The molecular weight excluding hydrogens is 294 g/mol. The van der Waals surface area contributed by atoms with Gasteiger partial charge in [0.1, 0.15) is 17.0 Å². The number of likely N-dealkylation sites (tertiary alicyclic amines) is 1. The first-order valence-electron chi connectivity index (χ1n) is 7.39. The second-order valence-corrected chi connectivity index (χ2v) is 5.75. The fourth-order valence-electron chi connectivity index (χ4n) is 2.95. The van der Waals surface area contributed by atoms with E-state index < -0.39 is 5.60 Å². The second kappa shape index (κ2) is 5.13. The Morgan fingerprint density at radius 1 is 1.26 bits per heavy atom. The number of fused-ring (bicyclic) bond motifs is 1. The SMILES string of the molecule is O=C(c1ccc2ccccc2n1)N1CC[C@](O)(c2cn[nH]n2)C1. The van der Waals surface area contributed by atoms with Crippen molar-refractivity contribution < 1.29 is 9.90 Å². The molecule has 1 aliphatic heterocycles. The van der Waals surface area contributed by atoms with Gasteiger partial charge in [-0.15, -0.1) is 0 Å². The highest BCUT2D eigenvalue weighted by Crippen LogP contribution is 2.30. The number of aliphatic hydroxyl groups is 1. The number of hydrogen-bond donors (Lipinski definition) is 2. The number of aromatic nitrogens is 4. The van der Waals surface area contributed by atoms with Crippen molar-refractivity contribution in [3.05, 3.63) is 54.0 Å². The number of benzene rings is 1. The van der Waals surface area contributed by atoms with Crippen molar-refractivity contribution in [2.24, 2.45) is 0 Å². The molecule has 2 aromatic heterocycles. The Morgan fingerprint density at radius 2 is 2.13 bits per heavy atom. The Labute approximate surface area is 132 Å². The van der Waals surface area contributed by atoms with E-state index in [-0.39, 0.29) is 12.5 Å². The molecule has 0 bridgehead atoms. The summed E-state index contributed by atoms with van der Waals surface area (Å²) in [6, 6.07) is 11.3. The van der Waals surface area contributed by atoms with Crippen LogP contribution in [0.25, 0.3) is 10.9 Å². The van der Waals surface area contributed by atoms with Crippen molar-refractivity contribution in [3.8, 4) is 0 Å². The monoisotopic (exact) mass is 309 g/mol. The summed E-state index contributed by atoms with van der Waals surface area (Å²) < 4.78 is 0. The zero-order valence-corrected chi connectivity index (χ0v) is 12.3. The maximum Gasteiger partial charge on any atom is 0.272 e. The summed E-state index contributed by atoms with van der Waals surface area (Å²) in [6.07, 6.45) is 1.92. The number of hydrogen-bond acceptors (Lipinski definition) is 5. The molecule has 3 heterocycles. The number of rotatable bonds is 2. The lowest BCUT2D eigenvalue weighted by molar-refractivity contribution is 0.0380. The Morgan fingerprint density at radius 3 is 2.96 bits per heavy atom. The topological polar surface area (TPSA) is 95.0 Å². The van der Waals surface area contributed by atoms with Crippen molar-refractivity contribution in [1.29, 1.82) is 0 Å². The minimum atomic E-state index is -1.15. The van der Waals surface area contributed by atoms with Gasteiger partial charge in [-0.25, -0.2) is 4.98 Å². The third-order valence-electron chi connectivity index (χ3n) is 4.24. The largest absolute Gasteiger partial charge is 0.381 e. The van der Waals surface area contributed by atoms with E-state index in [2.05, 4.69) is 20.4 Å². The van der Waals surface area contributed by atoms with Crippen molar-refractivity contribution in [3.63, 3.8) is 0 Å². The number of pyridine rings is 1. The van der Waals surface area contributed by atoms with Crippen LogP contribution in [0.3, 0.4) is 0 Å². The van der Waals surface area contributed by atoms with Gasteiger partial charge in [0.25, 0.3) is 5.91 Å². The number of β-amino-alcohol motifs (C(OH)–C–C–N with tert-alkyl or cyclic N) is 1. The van der Waals surface area contributed by atoms with Gasteiger partial charge < -0.3 is 10.0 Å². The first-order valence-corrected chi connectivity index (χ1v) is 7.39. The van der Waals surface area contributed by atoms with Crippen LogP contribution in [0.15, 0.2) is 42.6 Å². The van der Waals surface area contributed by atoms with Crippen LogP contribution in [0, 0.1) is 0 Å². The Hall–Kier alpha value is -2.80. The van der Waals surface area contributed by atoms with Crippen molar-refractivity contribution in [1.82, 2.24) is 25.3 Å². The van der Waals surface area contributed by atoms with Crippen molar-refractivity contribution in [2.45, 2.75) is 12.0 Å². The summed E-state index contributed by atoms with van der Waals surface area (Å²) in [5, 5.41) is 21.8. The number of nitrogens with one attached hydrogen (secondary N) is 1. The maximum atomic E-state index is 12.7. The van der Waals surface area contributed by atoms with Crippen LogP contribution in [-0.2, 0) is 5.60 Å². The number of para-hydroxylation sites is 1. The summed E-state index contributed by atoms with van der Waals surface area (Å²) in [4.78, 5) is 18.7. The molecule has 3 aromatic rings. The van der Waals surface area contributed by atoms with Crippen LogP contribution < -0.4 is 0 Å². The van der Waals surface area contributed by atoms with E-state index in [0.717, 1.165) is 10.9 Å². The van der Waals surface area contributed by atoms with Gasteiger partial charge in [-0.2, -0.15) is 15.4 Å². The number of H-pyrrole nitrogens is 1. The number of carbonyl (C=O) groups is 1. The molecule has 0 aliphatic carbocycles. The van der Waals surface area contributed by atoms with Crippen LogP contribution in [0.2, 0.25) is 0 Å². The van der Waals surface area contributed by atoms with E-state index in [9.17, 15) is 9.90 Å². The van der Waals surface area contributed by atoms with Gasteiger partial charge in [0.15, 0.2) is 0 Å². The minimum absolute atomic E-state index is 0.185. The van der Waals surface area contributed by atoms with Gasteiger partial charge in [-0.05, 0) is 12.1 Å². The Kier molecular flexibility index (Phi) is 3.09. The van der Waals surface area contributed by atoms with E-state index >= 15 is 0 Å². The molecule has 1 amide bonds. The zero-order valence-electron chi connectivity index (χ0n) is 12.3. The molecule has 0 spiro atoms. The summed E-state index contributed by atoms with van der Waals surface area (Å²) >= 11 is 0. The van der Waals surface area contributed by atoms with Gasteiger partial charge in [0, 0.05) is 18.4 Å². The van der Waals surface area contributed by atoms with Crippen molar-refractivity contribution >= 4 is 16.8 Å². The first kappa shape index (κ1) is 13.8. The van der Waals surface area contributed by atoms with E-state index in [4.69, 9.17) is 0 Å². The molecule has 0 saturated carbocycles. The lowest BCUT2D eigenvalue weighted by atomic mass is 10.00. The van der Waals surface area contributed by atoms with Gasteiger partial charge in [0.2, 0.25) is 0 Å². The molecule has 2 N–H and O–H groups in total. The van der Waals surface area contributed by atoms with Crippen LogP contribution >= 0.6 is 0 Å². The number of aromatic amines is 1. The van der Waals surface area contributed by atoms with Crippen LogP contribution in [0.4, 0.5) is 0 Å². The molecule has 116 valence electrons. The number of nitrogens with zero attached hydrogens (tertiary/aromatic N) is 4. The summed E-state index contributed by atoms with van der Waals surface area (Å²) in [5.74, 6) is -0.185. The van der Waals surface area contributed by atoms with Gasteiger partial charge in [0.05, 0.1) is 18.3 Å². The molecule has 7 heteroatoms. The third-order valence-corrected chi connectivity index (χ3v) is 4.24. The molecule has 1 aliphatic rings. The average molecular weight is 309 g/mol. The smallest absolute Gasteiger partial charge is 0.272 e. The highest BCUT2D eigenvalue weighted by atomic mass is 16.3. The second-order valence-electron chi connectivity index (χ2n) is 5.75. The lowest BCUT2D eigenvalue weighted by Crippen LogP contribution is -2.35. The quantitative estimate of drug-likeness (QED) is 0.739. The predicted octanol–water partition coefficient (Wildman–Crippen LogP) is 1.09. The fourth-order valence-corrected chi connectivity index (χ4v) is 2.95. The predicted molar refractivity (Wildman–Crippen MR) is 82.5 cm³/mol. The maximum absolute atomic E-state index is 12.7. The molecule has 23 heavy (non-hydrogen) atoms. The van der Waals surface area contributed by atoms with E-state index in [0.29, 0.717) is 24.4 Å². The molecule has 0 unspecified atom stereocenters. The molecule has 1 saturated heterocycles. The van der Waals surface area contributed by atoms with Gasteiger partial charge in [-0.3, -0.25) is 4.79 Å². The Bertz CT molecular complexity index is 864. The highest BCUT2D eigenvalue weighted by molar-refractivity contribution is 5.95. The fraction of sp³-hybridized carbons (Fsp3) is 0.250. The summed E-state index contributed by atoms with van der Waals surface area (Å²) in [7, 11) is 0. The summed E-state index contributed by atoms with van der Waals surface area (Å²) in [5.41, 5.74) is 0.469. The highest BCUT2D eigenvalue weighted by Gasteiger charge is 2.42. The molecule has 4 rings (SSSR count). The molecule has 1 atom stereocenters. The third kappa shape index (κ3) is 2.35. The van der Waals surface area contributed by atoms with E-state index in [1.54, 1.807) is 11.0 Å². The Balaban J connectivity index is 1.59. The molecule has 0 radical (unpaired) electrons. The average Bonchev–Trinajstić information content (AvgIpc) is 3.24. The lowest BCUT2D eigenvalue weighted by Gasteiger charge is -2.20. The van der Waals surface area contributed by atoms with Crippen LogP contribution in [-0.4, -0.2) is 49.4 Å². The van der Waals surface area contributed by atoms with E-state index in [1.807, 2.05) is 30.3 Å². The molecular formula is C16H15N5O2. The summed E-state index contributed by atoms with van der Waals surface area (Å²) in [6.45, 7) is 0.642.